The molecule has 1 aliphatic rings. The van der Waals surface area contributed by atoms with Crippen LogP contribution in [0.4, 0.5) is 5.82 Å². The zero-order valence-electron chi connectivity index (χ0n) is 17.3. The van der Waals surface area contributed by atoms with Crippen LogP contribution >= 0.6 is 0 Å². The molecule has 3 unspecified atom stereocenters. The fourth-order valence-corrected chi connectivity index (χ4v) is 4.42. The topological polar surface area (TPSA) is 120 Å². The SMILES string of the molecule is NS(=O)OCC1CCC(Nc2ccnc3cc(-c4cncc(-c5ccccc5)n4)nn23)C1. The first-order valence-corrected chi connectivity index (χ1v) is 11.6. The highest BCUT2D eigenvalue weighted by Crippen LogP contribution is 2.29. The number of nitrogens with zero attached hydrogens (tertiary/aromatic N) is 5. The van der Waals surface area contributed by atoms with E-state index in [2.05, 4.69) is 15.3 Å². The molecule has 0 spiro atoms. The highest BCUT2D eigenvalue weighted by molar-refractivity contribution is 7.77. The van der Waals surface area contributed by atoms with E-state index in [1.807, 2.05) is 42.5 Å². The smallest absolute Gasteiger partial charge is 0.231 e. The van der Waals surface area contributed by atoms with Gasteiger partial charge in [-0.05, 0) is 31.2 Å². The Bertz CT molecular complexity index is 1250. The van der Waals surface area contributed by atoms with Gasteiger partial charge in [-0.2, -0.15) is 9.61 Å². The summed E-state index contributed by atoms with van der Waals surface area (Å²) in [6.07, 6.45) is 8.13. The molecule has 1 aromatic carbocycles. The van der Waals surface area contributed by atoms with Crippen molar-refractivity contribution in [1.29, 1.82) is 0 Å². The van der Waals surface area contributed by atoms with Gasteiger partial charge in [0.15, 0.2) is 5.65 Å². The van der Waals surface area contributed by atoms with E-state index in [4.69, 9.17) is 19.4 Å². The lowest BCUT2D eigenvalue weighted by atomic mass is 10.1. The van der Waals surface area contributed by atoms with Crippen LogP contribution in [-0.4, -0.2) is 41.4 Å². The predicted molar refractivity (Wildman–Crippen MR) is 122 cm³/mol. The van der Waals surface area contributed by atoms with Crippen molar-refractivity contribution in [2.45, 2.75) is 25.3 Å². The molecular weight excluding hydrogens is 426 g/mol. The van der Waals surface area contributed by atoms with Crippen LogP contribution in [0, 0.1) is 5.92 Å². The lowest BCUT2D eigenvalue weighted by molar-refractivity contribution is 0.274. The van der Waals surface area contributed by atoms with Gasteiger partial charge in [-0.1, -0.05) is 30.3 Å². The lowest BCUT2D eigenvalue weighted by Crippen LogP contribution is -2.19. The standard InChI is InChI=1S/C22H23N7O2S/c23-32(30)31-14-15-6-7-17(10-15)26-21-8-9-25-22-11-18(28-29(21)22)20-13-24-12-19(27-20)16-4-2-1-3-5-16/h1-5,8-9,11-13,15,17,26H,6-7,10,14,23H2. The number of rotatable bonds is 7. The first-order chi connectivity index (χ1) is 15.7. The normalized spacial score (nSPS) is 19.3. The third-order valence-corrected chi connectivity index (χ3v) is 6.01. The number of aromatic nitrogens is 5. The number of hydrogen-bond acceptors (Lipinski definition) is 7. The van der Waals surface area contributed by atoms with Crippen LogP contribution in [0.5, 0.6) is 0 Å². The van der Waals surface area contributed by atoms with Gasteiger partial charge in [0.2, 0.25) is 11.3 Å². The first kappa shape index (κ1) is 20.7. The number of benzene rings is 1. The Morgan fingerprint density at radius 2 is 1.97 bits per heavy atom. The highest BCUT2D eigenvalue weighted by atomic mass is 32.2. The van der Waals surface area contributed by atoms with Gasteiger partial charge in [0.25, 0.3) is 0 Å². The van der Waals surface area contributed by atoms with Crippen molar-refractivity contribution in [3.63, 3.8) is 0 Å². The van der Waals surface area contributed by atoms with E-state index < -0.39 is 11.3 Å². The van der Waals surface area contributed by atoms with Crippen molar-refractivity contribution >= 4 is 22.7 Å². The maximum atomic E-state index is 11.0. The van der Waals surface area contributed by atoms with Gasteiger partial charge in [-0.3, -0.25) is 9.17 Å². The average molecular weight is 450 g/mol. The second-order valence-corrected chi connectivity index (χ2v) is 8.61. The van der Waals surface area contributed by atoms with E-state index in [-0.39, 0.29) is 6.04 Å². The number of nitrogens with two attached hydrogens (primary N) is 1. The van der Waals surface area contributed by atoms with E-state index in [1.165, 1.54) is 0 Å². The highest BCUT2D eigenvalue weighted by Gasteiger charge is 2.26. The summed E-state index contributed by atoms with van der Waals surface area (Å²) in [5, 5.41) is 13.5. The summed E-state index contributed by atoms with van der Waals surface area (Å²) < 4.78 is 17.8. The fraction of sp³-hybridized carbons (Fsp3) is 0.273. The third kappa shape index (κ3) is 4.52. The fourth-order valence-electron chi connectivity index (χ4n) is 4.10. The summed E-state index contributed by atoms with van der Waals surface area (Å²) in [6.45, 7) is 0.412. The van der Waals surface area contributed by atoms with Crippen LogP contribution in [0.25, 0.3) is 28.3 Å². The zero-order chi connectivity index (χ0) is 21.9. The average Bonchev–Trinajstić information content (AvgIpc) is 3.46. The zero-order valence-corrected chi connectivity index (χ0v) is 18.1. The van der Waals surface area contributed by atoms with Crippen molar-refractivity contribution in [3.05, 3.63) is 61.1 Å². The van der Waals surface area contributed by atoms with Crippen LogP contribution < -0.4 is 10.5 Å². The van der Waals surface area contributed by atoms with Crippen LogP contribution in [0.1, 0.15) is 19.3 Å². The van der Waals surface area contributed by atoms with Gasteiger partial charge < -0.3 is 5.32 Å². The largest absolute Gasteiger partial charge is 0.367 e. The van der Waals surface area contributed by atoms with Gasteiger partial charge in [0.05, 0.1) is 24.7 Å². The minimum atomic E-state index is -1.71. The second-order valence-electron chi connectivity index (χ2n) is 7.85. The molecule has 4 aromatic rings. The summed E-state index contributed by atoms with van der Waals surface area (Å²) in [5.74, 6) is 1.20. The van der Waals surface area contributed by atoms with Gasteiger partial charge in [0.1, 0.15) is 17.2 Å². The Hall–Kier alpha value is -3.21. The van der Waals surface area contributed by atoms with E-state index in [0.29, 0.717) is 23.9 Å². The van der Waals surface area contributed by atoms with Crippen LogP contribution in [0.15, 0.2) is 61.1 Å². The van der Waals surface area contributed by atoms with Crippen molar-refractivity contribution < 1.29 is 8.39 Å². The predicted octanol–water partition coefficient (Wildman–Crippen LogP) is 2.99. The molecule has 1 saturated carbocycles. The molecule has 3 aromatic heterocycles. The second kappa shape index (κ2) is 9.11. The molecule has 0 saturated heterocycles. The Kier molecular flexibility index (Phi) is 5.89. The number of nitrogens with one attached hydrogen (secondary N) is 1. The molecular formula is C22H23N7O2S. The van der Waals surface area contributed by atoms with E-state index >= 15 is 0 Å². The maximum Gasteiger partial charge on any atom is 0.231 e. The van der Waals surface area contributed by atoms with E-state index in [1.54, 1.807) is 23.1 Å². The van der Waals surface area contributed by atoms with Crippen molar-refractivity contribution in [3.8, 4) is 22.6 Å². The number of anilines is 1. The molecule has 32 heavy (non-hydrogen) atoms. The minimum absolute atomic E-state index is 0.272. The number of hydrogen-bond donors (Lipinski definition) is 2. The molecule has 1 aliphatic carbocycles. The molecule has 0 radical (unpaired) electrons. The summed E-state index contributed by atoms with van der Waals surface area (Å²) in [7, 11) is 0. The Labute approximate surface area is 187 Å². The molecule has 3 heterocycles. The molecule has 0 amide bonds. The van der Waals surface area contributed by atoms with E-state index in [0.717, 1.165) is 42.0 Å². The Balaban J connectivity index is 1.37. The molecule has 9 nitrogen and oxygen atoms in total. The third-order valence-electron chi connectivity index (χ3n) is 5.64. The molecule has 5 rings (SSSR count). The maximum absolute atomic E-state index is 11.0. The molecule has 164 valence electrons. The summed E-state index contributed by atoms with van der Waals surface area (Å²) in [4.78, 5) is 13.6. The molecule has 10 heteroatoms. The van der Waals surface area contributed by atoms with Crippen LogP contribution in [-0.2, 0) is 15.4 Å². The van der Waals surface area contributed by atoms with Gasteiger partial charge in [-0.25, -0.2) is 19.3 Å². The summed E-state index contributed by atoms with van der Waals surface area (Å²) >= 11 is -1.71. The van der Waals surface area contributed by atoms with Crippen molar-refractivity contribution in [2.75, 3.05) is 11.9 Å². The molecule has 0 aliphatic heterocycles. The lowest BCUT2D eigenvalue weighted by Gasteiger charge is -2.15. The molecule has 1 fully saturated rings. The van der Waals surface area contributed by atoms with Crippen LogP contribution in [0.3, 0.4) is 0 Å². The van der Waals surface area contributed by atoms with Gasteiger partial charge >= 0.3 is 0 Å². The van der Waals surface area contributed by atoms with Crippen molar-refractivity contribution in [1.82, 2.24) is 24.6 Å². The monoisotopic (exact) mass is 449 g/mol. The van der Waals surface area contributed by atoms with E-state index in [9.17, 15) is 4.21 Å². The Morgan fingerprint density at radius 1 is 1.12 bits per heavy atom. The first-order valence-electron chi connectivity index (χ1n) is 10.4. The van der Waals surface area contributed by atoms with Crippen molar-refractivity contribution in [2.24, 2.45) is 11.1 Å². The summed E-state index contributed by atoms with van der Waals surface area (Å²) in [6, 6.07) is 14.0. The summed E-state index contributed by atoms with van der Waals surface area (Å²) in [5.41, 5.74) is 3.93. The molecule has 3 N–H and O–H groups in total. The Morgan fingerprint density at radius 3 is 2.81 bits per heavy atom. The molecule has 0 bridgehead atoms. The number of fused-ring (bicyclic) bond motifs is 1. The quantitative estimate of drug-likeness (QED) is 0.445. The molecule has 3 atom stereocenters. The van der Waals surface area contributed by atoms with Gasteiger partial charge in [0, 0.05) is 23.9 Å². The minimum Gasteiger partial charge on any atom is -0.367 e. The van der Waals surface area contributed by atoms with Gasteiger partial charge in [-0.15, -0.1) is 0 Å². The van der Waals surface area contributed by atoms with Crippen LogP contribution in [0.2, 0.25) is 0 Å².